The molecule has 0 saturated carbocycles. The van der Waals surface area contributed by atoms with Crippen molar-refractivity contribution in [3.8, 4) is 12.1 Å². The van der Waals surface area contributed by atoms with Crippen LogP contribution in [0.5, 0.6) is 0 Å². The van der Waals surface area contributed by atoms with E-state index in [0.29, 0.717) is 0 Å². The van der Waals surface area contributed by atoms with Crippen LogP contribution in [0.3, 0.4) is 0 Å². The Bertz CT molecular complexity index is 253. The number of thioether (sulfide) groups is 1. The summed E-state index contributed by atoms with van der Waals surface area (Å²) in [6.07, 6.45) is 5.64. The molecule has 0 bridgehead atoms. The van der Waals surface area contributed by atoms with Crippen molar-refractivity contribution >= 4 is 11.8 Å². The molecule has 1 unspecified atom stereocenters. The zero-order chi connectivity index (χ0) is 8.10. The first kappa shape index (κ1) is 7.91. The highest BCUT2D eigenvalue weighted by molar-refractivity contribution is 8.02. The Morgan fingerprint density at radius 2 is 2.00 bits per heavy atom. The van der Waals surface area contributed by atoms with Crippen molar-refractivity contribution < 1.29 is 0 Å². The fourth-order valence-electron chi connectivity index (χ4n) is 0.766. The molecule has 2 nitrogen and oxygen atoms in total. The topological polar surface area (TPSA) is 47.6 Å². The molecule has 54 valence electrons. The normalized spacial score (nSPS) is 21.2. The van der Waals surface area contributed by atoms with E-state index in [4.69, 9.17) is 10.5 Å². The van der Waals surface area contributed by atoms with Gasteiger partial charge in [0.15, 0.2) is 0 Å². The standard InChI is InChI=1S/C8H6N2S/c9-5-7(6-10)8-3-1-2-4-11-8/h1-4,7-8H. The lowest BCUT2D eigenvalue weighted by molar-refractivity contribution is 0.882. The lowest BCUT2D eigenvalue weighted by Crippen LogP contribution is -2.11. The van der Waals surface area contributed by atoms with Gasteiger partial charge in [-0.1, -0.05) is 18.2 Å². The summed E-state index contributed by atoms with van der Waals surface area (Å²) >= 11 is 1.51. The first-order valence-electron chi connectivity index (χ1n) is 3.16. The summed E-state index contributed by atoms with van der Waals surface area (Å²) in [5, 5.41) is 19.0. The van der Waals surface area contributed by atoms with Gasteiger partial charge in [-0.05, 0) is 5.41 Å². The van der Waals surface area contributed by atoms with Gasteiger partial charge in [-0.3, -0.25) is 0 Å². The number of allylic oxidation sites excluding steroid dienone is 2. The van der Waals surface area contributed by atoms with Crippen LogP contribution in [-0.2, 0) is 0 Å². The van der Waals surface area contributed by atoms with Gasteiger partial charge in [0.05, 0.1) is 17.4 Å². The Morgan fingerprint density at radius 3 is 2.45 bits per heavy atom. The molecule has 0 spiro atoms. The second-order valence-corrected chi connectivity index (χ2v) is 3.14. The molecule has 0 aromatic carbocycles. The van der Waals surface area contributed by atoms with Gasteiger partial charge in [-0.2, -0.15) is 10.5 Å². The number of nitrogens with zero attached hydrogens (tertiary/aromatic N) is 2. The average Bonchev–Trinajstić information content (AvgIpc) is 2.09. The predicted molar refractivity (Wildman–Crippen MR) is 44.4 cm³/mol. The molecule has 0 amide bonds. The molecule has 1 aliphatic rings. The van der Waals surface area contributed by atoms with E-state index in [1.807, 2.05) is 35.8 Å². The van der Waals surface area contributed by atoms with Crippen molar-refractivity contribution in [2.24, 2.45) is 5.92 Å². The zero-order valence-corrected chi connectivity index (χ0v) is 6.58. The van der Waals surface area contributed by atoms with Crippen LogP contribution >= 0.6 is 11.8 Å². The van der Waals surface area contributed by atoms with E-state index in [9.17, 15) is 0 Å². The van der Waals surface area contributed by atoms with E-state index in [-0.39, 0.29) is 5.25 Å². The summed E-state index contributed by atoms with van der Waals surface area (Å²) in [4.78, 5) is 0. The number of hydrogen-bond acceptors (Lipinski definition) is 3. The molecule has 0 aromatic heterocycles. The van der Waals surface area contributed by atoms with Gasteiger partial charge in [-0.15, -0.1) is 11.8 Å². The smallest absolute Gasteiger partial charge is 0.148 e. The Kier molecular flexibility index (Phi) is 2.77. The van der Waals surface area contributed by atoms with Crippen LogP contribution in [0, 0.1) is 28.6 Å². The minimum absolute atomic E-state index is 0.00926. The van der Waals surface area contributed by atoms with E-state index >= 15 is 0 Å². The molecule has 0 saturated heterocycles. The van der Waals surface area contributed by atoms with E-state index in [1.165, 1.54) is 11.8 Å². The molecule has 0 aliphatic carbocycles. The van der Waals surface area contributed by atoms with Gasteiger partial charge < -0.3 is 0 Å². The highest BCUT2D eigenvalue weighted by Crippen LogP contribution is 2.24. The largest absolute Gasteiger partial charge is 0.197 e. The van der Waals surface area contributed by atoms with Crippen LogP contribution in [0.2, 0.25) is 0 Å². The van der Waals surface area contributed by atoms with Gasteiger partial charge >= 0.3 is 0 Å². The average molecular weight is 162 g/mol. The highest BCUT2D eigenvalue weighted by Gasteiger charge is 2.18. The van der Waals surface area contributed by atoms with Crippen LogP contribution in [-0.4, -0.2) is 5.25 Å². The number of hydrogen-bond donors (Lipinski definition) is 0. The predicted octanol–water partition coefficient (Wildman–Crippen LogP) is 1.84. The first-order chi connectivity index (χ1) is 5.38. The van der Waals surface area contributed by atoms with E-state index < -0.39 is 5.92 Å². The van der Waals surface area contributed by atoms with Gasteiger partial charge in [0, 0.05) is 0 Å². The highest BCUT2D eigenvalue weighted by atomic mass is 32.2. The van der Waals surface area contributed by atoms with Crippen molar-refractivity contribution in [2.75, 3.05) is 0 Å². The van der Waals surface area contributed by atoms with E-state index in [2.05, 4.69) is 0 Å². The summed E-state index contributed by atoms with van der Waals surface area (Å²) in [5.74, 6) is -0.527. The van der Waals surface area contributed by atoms with Crippen molar-refractivity contribution in [3.05, 3.63) is 23.6 Å². The van der Waals surface area contributed by atoms with Crippen LogP contribution in [0.4, 0.5) is 0 Å². The SMILES string of the molecule is N#CC(C#N)C1C=CC=CS1. The summed E-state index contributed by atoms with van der Waals surface area (Å²) in [6, 6.07) is 3.91. The molecule has 11 heavy (non-hydrogen) atoms. The second kappa shape index (κ2) is 3.85. The third-order valence-electron chi connectivity index (χ3n) is 1.33. The Hall–Kier alpha value is -1.19. The van der Waals surface area contributed by atoms with Crippen molar-refractivity contribution in [1.29, 1.82) is 10.5 Å². The summed E-state index contributed by atoms with van der Waals surface area (Å²) in [5.41, 5.74) is 0. The monoisotopic (exact) mass is 162 g/mol. The quantitative estimate of drug-likeness (QED) is 0.591. The minimum Gasteiger partial charge on any atom is -0.197 e. The number of nitriles is 2. The van der Waals surface area contributed by atoms with Crippen molar-refractivity contribution in [2.45, 2.75) is 5.25 Å². The third-order valence-corrected chi connectivity index (χ3v) is 2.39. The molecule has 1 heterocycles. The molecule has 0 aromatic rings. The molecule has 0 fully saturated rings. The molecule has 1 rings (SSSR count). The van der Waals surface area contributed by atoms with Crippen LogP contribution in [0.1, 0.15) is 0 Å². The van der Waals surface area contributed by atoms with Crippen molar-refractivity contribution in [1.82, 2.24) is 0 Å². The van der Waals surface area contributed by atoms with Crippen molar-refractivity contribution in [3.63, 3.8) is 0 Å². The van der Waals surface area contributed by atoms with Gasteiger partial charge in [-0.25, -0.2) is 0 Å². The van der Waals surface area contributed by atoms with Crippen LogP contribution in [0.25, 0.3) is 0 Å². The Balaban J connectivity index is 2.64. The van der Waals surface area contributed by atoms with Gasteiger partial charge in [0.25, 0.3) is 0 Å². The van der Waals surface area contributed by atoms with Gasteiger partial charge in [0.1, 0.15) is 5.92 Å². The number of rotatable bonds is 1. The maximum Gasteiger partial charge on any atom is 0.148 e. The molecule has 0 N–H and O–H groups in total. The molecule has 0 radical (unpaired) electrons. The lowest BCUT2D eigenvalue weighted by atomic mass is 10.1. The maximum absolute atomic E-state index is 8.53. The minimum atomic E-state index is -0.527. The van der Waals surface area contributed by atoms with Gasteiger partial charge in [0.2, 0.25) is 0 Å². The maximum atomic E-state index is 8.53. The van der Waals surface area contributed by atoms with Crippen LogP contribution in [0.15, 0.2) is 23.6 Å². The molecule has 3 heteroatoms. The summed E-state index contributed by atoms with van der Waals surface area (Å²) in [7, 11) is 0. The zero-order valence-electron chi connectivity index (χ0n) is 5.77. The lowest BCUT2D eigenvalue weighted by Gasteiger charge is -2.11. The van der Waals surface area contributed by atoms with E-state index in [0.717, 1.165) is 0 Å². The molecule has 1 atom stereocenters. The van der Waals surface area contributed by atoms with Crippen LogP contribution < -0.4 is 0 Å². The Labute approximate surface area is 69.8 Å². The molecular weight excluding hydrogens is 156 g/mol. The summed E-state index contributed by atoms with van der Waals surface area (Å²) in [6.45, 7) is 0. The fraction of sp³-hybridized carbons (Fsp3) is 0.250. The molecular formula is C8H6N2S. The summed E-state index contributed by atoms with van der Waals surface area (Å²) < 4.78 is 0. The third kappa shape index (κ3) is 1.86. The van der Waals surface area contributed by atoms with E-state index in [1.54, 1.807) is 0 Å². The second-order valence-electron chi connectivity index (χ2n) is 2.05. The molecule has 1 aliphatic heterocycles. The first-order valence-corrected chi connectivity index (χ1v) is 4.11. The fourth-order valence-corrected chi connectivity index (χ4v) is 1.59. The Morgan fingerprint density at radius 1 is 1.27 bits per heavy atom.